The maximum absolute atomic E-state index is 5.80. The zero-order valence-corrected chi connectivity index (χ0v) is 14.8. The van der Waals surface area contributed by atoms with Crippen molar-refractivity contribution in [3.8, 4) is 5.75 Å². The Morgan fingerprint density at radius 1 is 1.13 bits per heavy atom. The van der Waals surface area contributed by atoms with Crippen LogP contribution in [-0.4, -0.2) is 47.2 Å². The summed E-state index contributed by atoms with van der Waals surface area (Å²) in [5.41, 5.74) is 0. The van der Waals surface area contributed by atoms with E-state index in [-0.39, 0.29) is 43.3 Å². The molecule has 2 aromatic heterocycles. The average molecular weight is 381 g/mol. The van der Waals surface area contributed by atoms with E-state index in [1.54, 1.807) is 24.8 Å². The number of hydrogen-bond donors (Lipinski definition) is 1. The number of aromatic nitrogens is 3. The highest BCUT2D eigenvalue weighted by Gasteiger charge is 2.24. The van der Waals surface area contributed by atoms with E-state index in [0.29, 0.717) is 6.61 Å². The topological polar surface area (TPSA) is 63.2 Å². The summed E-state index contributed by atoms with van der Waals surface area (Å²) in [5.74, 6) is 1.54. The SMILES string of the molecule is Cl.Cl.Cl.c1cnc(N2CCNCC2COc2cccnc2)nc1. The largest absolute Gasteiger partial charge is 0.490 e. The third-order valence-corrected chi connectivity index (χ3v) is 3.24. The van der Waals surface area contributed by atoms with Gasteiger partial charge in [0.2, 0.25) is 5.95 Å². The zero-order valence-electron chi connectivity index (χ0n) is 12.4. The number of halogens is 3. The maximum atomic E-state index is 5.80. The molecule has 128 valence electrons. The van der Waals surface area contributed by atoms with Crippen LogP contribution in [0.3, 0.4) is 0 Å². The van der Waals surface area contributed by atoms with Gasteiger partial charge in [0.05, 0.1) is 12.2 Å². The number of hydrogen-bond acceptors (Lipinski definition) is 6. The van der Waals surface area contributed by atoms with Crippen molar-refractivity contribution in [3.63, 3.8) is 0 Å². The predicted molar refractivity (Wildman–Crippen MR) is 97.5 cm³/mol. The molecule has 6 nitrogen and oxygen atoms in total. The molecule has 0 amide bonds. The van der Waals surface area contributed by atoms with Gasteiger partial charge in [-0.15, -0.1) is 37.2 Å². The average Bonchev–Trinajstić information content (AvgIpc) is 2.55. The van der Waals surface area contributed by atoms with Crippen LogP contribution in [0.5, 0.6) is 5.75 Å². The van der Waals surface area contributed by atoms with Crippen LogP contribution in [0, 0.1) is 0 Å². The van der Waals surface area contributed by atoms with E-state index in [1.807, 2.05) is 18.2 Å². The van der Waals surface area contributed by atoms with Crippen molar-refractivity contribution in [1.29, 1.82) is 0 Å². The van der Waals surface area contributed by atoms with Gasteiger partial charge in [-0.05, 0) is 18.2 Å². The molecule has 0 bridgehead atoms. The summed E-state index contributed by atoms with van der Waals surface area (Å²) in [6.07, 6.45) is 6.99. The Kier molecular flexibility index (Phi) is 10.6. The minimum absolute atomic E-state index is 0. The first-order chi connectivity index (χ1) is 9.93. The van der Waals surface area contributed by atoms with Gasteiger partial charge in [0.1, 0.15) is 12.4 Å². The molecule has 0 saturated carbocycles. The fourth-order valence-electron chi connectivity index (χ4n) is 2.24. The summed E-state index contributed by atoms with van der Waals surface area (Å²) in [6, 6.07) is 5.82. The molecule has 1 aliphatic heterocycles. The molecule has 0 spiro atoms. The van der Waals surface area contributed by atoms with Gasteiger partial charge in [-0.1, -0.05) is 0 Å². The van der Waals surface area contributed by atoms with Gasteiger partial charge in [0, 0.05) is 38.2 Å². The lowest BCUT2D eigenvalue weighted by Crippen LogP contribution is -2.54. The first kappa shape index (κ1) is 21.7. The van der Waals surface area contributed by atoms with Crippen molar-refractivity contribution in [2.24, 2.45) is 0 Å². The van der Waals surface area contributed by atoms with Crippen LogP contribution in [0.15, 0.2) is 43.0 Å². The molecule has 1 aliphatic rings. The number of pyridine rings is 1. The standard InChI is InChI=1S/C14H17N5O.3ClH/c1-3-13(10-15-4-1)20-11-12-9-16-7-8-19(12)14-17-5-2-6-18-14;;;/h1-6,10,12,16H,7-9,11H2;3*1H. The van der Waals surface area contributed by atoms with Gasteiger partial charge in [0.15, 0.2) is 0 Å². The maximum Gasteiger partial charge on any atom is 0.225 e. The molecule has 0 aliphatic carbocycles. The highest BCUT2D eigenvalue weighted by Crippen LogP contribution is 2.14. The number of anilines is 1. The minimum Gasteiger partial charge on any atom is -0.490 e. The smallest absolute Gasteiger partial charge is 0.225 e. The summed E-state index contributed by atoms with van der Waals surface area (Å²) in [6.45, 7) is 3.25. The lowest BCUT2D eigenvalue weighted by Gasteiger charge is -2.35. The Balaban J connectivity index is 0.00000161. The zero-order chi connectivity index (χ0) is 13.6. The van der Waals surface area contributed by atoms with Crippen LogP contribution in [0.25, 0.3) is 0 Å². The number of rotatable bonds is 4. The first-order valence-electron chi connectivity index (χ1n) is 6.71. The van der Waals surface area contributed by atoms with Gasteiger partial charge in [0.25, 0.3) is 0 Å². The molecule has 1 fully saturated rings. The summed E-state index contributed by atoms with van der Waals surface area (Å²) in [5, 5.41) is 3.38. The second kappa shape index (κ2) is 11.2. The Morgan fingerprint density at radius 3 is 2.61 bits per heavy atom. The molecule has 23 heavy (non-hydrogen) atoms. The van der Waals surface area contributed by atoms with Crippen molar-refractivity contribution in [2.45, 2.75) is 6.04 Å². The fraction of sp³-hybridized carbons (Fsp3) is 0.357. The van der Waals surface area contributed by atoms with Crippen molar-refractivity contribution >= 4 is 43.2 Å². The molecule has 3 rings (SSSR count). The van der Waals surface area contributed by atoms with Crippen LogP contribution >= 0.6 is 37.2 Å². The van der Waals surface area contributed by atoms with Crippen LogP contribution in [0.4, 0.5) is 5.95 Å². The summed E-state index contributed by atoms with van der Waals surface area (Å²) < 4.78 is 5.80. The highest BCUT2D eigenvalue weighted by atomic mass is 35.5. The van der Waals surface area contributed by atoms with Gasteiger partial charge in [-0.3, -0.25) is 4.98 Å². The predicted octanol–water partition coefficient (Wildman–Crippen LogP) is 1.99. The molecule has 0 radical (unpaired) electrons. The lowest BCUT2D eigenvalue weighted by molar-refractivity contribution is 0.265. The Bertz CT molecular complexity index is 534. The van der Waals surface area contributed by atoms with Crippen LogP contribution < -0.4 is 15.0 Å². The molecular formula is C14H20Cl3N5O. The van der Waals surface area contributed by atoms with Crippen molar-refractivity contribution in [2.75, 3.05) is 31.1 Å². The highest BCUT2D eigenvalue weighted by molar-refractivity contribution is 5.86. The molecule has 2 aromatic rings. The quantitative estimate of drug-likeness (QED) is 0.875. The van der Waals surface area contributed by atoms with E-state index in [1.165, 1.54) is 0 Å². The van der Waals surface area contributed by atoms with E-state index < -0.39 is 0 Å². The summed E-state index contributed by atoms with van der Waals surface area (Å²) in [7, 11) is 0. The summed E-state index contributed by atoms with van der Waals surface area (Å²) >= 11 is 0. The Labute approximate surface area is 154 Å². The monoisotopic (exact) mass is 379 g/mol. The van der Waals surface area contributed by atoms with Crippen molar-refractivity contribution in [1.82, 2.24) is 20.3 Å². The summed E-state index contributed by atoms with van der Waals surface area (Å²) in [4.78, 5) is 14.9. The third kappa shape index (κ3) is 5.99. The number of nitrogens with zero attached hydrogens (tertiary/aromatic N) is 4. The van der Waals surface area contributed by atoms with E-state index in [2.05, 4.69) is 25.2 Å². The van der Waals surface area contributed by atoms with Gasteiger partial charge >= 0.3 is 0 Å². The number of nitrogens with one attached hydrogen (secondary N) is 1. The second-order valence-corrected chi connectivity index (χ2v) is 4.60. The molecule has 3 heterocycles. The first-order valence-corrected chi connectivity index (χ1v) is 6.71. The minimum atomic E-state index is 0. The molecule has 9 heteroatoms. The van der Waals surface area contributed by atoms with E-state index in [0.717, 1.165) is 31.3 Å². The van der Waals surface area contributed by atoms with Crippen LogP contribution in [0.2, 0.25) is 0 Å². The van der Waals surface area contributed by atoms with Crippen molar-refractivity contribution < 1.29 is 4.74 Å². The lowest BCUT2D eigenvalue weighted by atomic mass is 10.2. The molecular weight excluding hydrogens is 361 g/mol. The van der Waals surface area contributed by atoms with Crippen LogP contribution in [-0.2, 0) is 0 Å². The third-order valence-electron chi connectivity index (χ3n) is 3.24. The molecule has 1 N–H and O–H groups in total. The Hall–Kier alpha value is -1.34. The van der Waals surface area contributed by atoms with Gasteiger partial charge < -0.3 is 15.0 Å². The second-order valence-electron chi connectivity index (χ2n) is 4.60. The Morgan fingerprint density at radius 2 is 1.91 bits per heavy atom. The van der Waals surface area contributed by atoms with Crippen molar-refractivity contribution in [3.05, 3.63) is 43.0 Å². The number of ether oxygens (including phenoxy) is 1. The molecule has 1 saturated heterocycles. The molecule has 0 aromatic carbocycles. The number of piperazine rings is 1. The van der Waals surface area contributed by atoms with E-state index in [9.17, 15) is 0 Å². The van der Waals surface area contributed by atoms with Crippen LogP contribution in [0.1, 0.15) is 0 Å². The fourth-order valence-corrected chi connectivity index (χ4v) is 2.24. The normalized spacial score (nSPS) is 16.3. The van der Waals surface area contributed by atoms with E-state index in [4.69, 9.17) is 4.74 Å². The van der Waals surface area contributed by atoms with E-state index >= 15 is 0 Å². The molecule has 1 atom stereocenters. The van der Waals surface area contributed by atoms with Gasteiger partial charge in [-0.25, -0.2) is 9.97 Å². The molecule has 1 unspecified atom stereocenters. The van der Waals surface area contributed by atoms with Gasteiger partial charge in [-0.2, -0.15) is 0 Å².